The van der Waals surface area contributed by atoms with Gasteiger partial charge in [0.25, 0.3) is 0 Å². The van der Waals surface area contributed by atoms with E-state index in [1.165, 1.54) is 6.92 Å². The molecule has 1 fully saturated rings. The van der Waals surface area contributed by atoms with Crippen LogP contribution in [0.4, 0.5) is 0 Å². The molecule has 1 rings (SSSR count). The van der Waals surface area contributed by atoms with Gasteiger partial charge in [0, 0.05) is 13.5 Å². The fraction of sp³-hybridized carbons (Fsp3) is 0.889. The molecule has 2 atom stereocenters. The summed E-state index contributed by atoms with van der Waals surface area (Å²) in [5.74, 6) is -0.311. The Kier molecular flexibility index (Phi) is 3.69. The summed E-state index contributed by atoms with van der Waals surface area (Å²) in [6, 6.07) is 0. The summed E-state index contributed by atoms with van der Waals surface area (Å²) in [7, 11) is 1.96. The van der Waals surface area contributed by atoms with Crippen LogP contribution in [0.25, 0.3) is 0 Å². The first-order valence-corrected chi connectivity index (χ1v) is 4.63. The molecule has 4 nitrogen and oxygen atoms in total. The second kappa shape index (κ2) is 4.58. The van der Waals surface area contributed by atoms with Crippen molar-refractivity contribution in [2.24, 2.45) is 0 Å². The monoisotopic (exact) mass is 187 g/mol. The van der Waals surface area contributed by atoms with Gasteiger partial charge in [0.1, 0.15) is 12.2 Å². The number of hydrogen-bond donors (Lipinski definition) is 1. The Morgan fingerprint density at radius 2 is 2.31 bits per heavy atom. The lowest BCUT2D eigenvalue weighted by molar-refractivity contribution is -0.152. The van der Waals surface area contributed by atoms with Gasteiger partial charge in [-0.1, -0.05) is 0 Å². The molecule has 1 aliphatic heterocycles. The summed E-state index contributed by atoms with van der Waals surface area (Å²) in [6.07, 6.45) is 0.857. The molecule has 0 bridgehead atoms. The molecule has 76 valence electrons. The van der Waals surface area contributed by atoms with Crippen molar-refractivity contribution in [2.75, 3.05) is 20.1 Å². The topological polar surface area (TPSA) is 49.8 Å². The number of aliphatic hydroxyl groups is 1. The molecule has 0 aromatic rings. The number of carbonyl (C=O) groups excluding carboxylic acids is 1. The van der Waals surface area contributed by atoms with Crippen LogP contribution in [-0.2, 0) is 9.53 Å². The van der Waals surface area contributed by atoms with E-state index in [1.54, 1.807) is 0 Å². The smallest absolute Gasteiger partial charge is 0.302 e. The van der Waals surface area contributed by atoms with Gasteiger partial charge in [-0.3, -0.25) is 4.79 Å². The Morgan fingerprint density at radius 1 is 1.62 bits per heavy atom. The molecule has 0 aliphatic carbocycles. The summed E-state index contributed by atoms with van der Waals surface area (Å²) < 4.78 is 5.02. The molecular weight excluding hydrogens is 170 g/mol. The Balaban J connectivity index is 2.48. The lowest BCUT2D eigenvalue weighted by atomic mass is 10.1. The molecule has 1 aliphatic rings. The largest absolute Gasteiger partial charge is 0.460 e. The first-order valence-electron chi connectivity index (χ1n) is 4.63. The van der Waals surface area contributed by atoms with E-state index in [0.717, 1.165) is 19.4 Å². The van der Waals surface area contributed by atoms with E-state index >= 15 is 0 Å². The lowest BCUT2D eigenvalue weighted by Crippen LogP contribution is -2.36. The SMILES string of the molecule is CC(=O)OC1CCCN(C)CC1O. The molecule has 1 heterocycles. The van der Waals surface area contributed by atoms with E-state index in [9.17, 15) is 9.90 Å². The van der Waals surface area contributed by atoms with Crippen LogP contribution in [0.1, 0.15) is 19.8 Å². The first kappa shape index (κ1) is 10.5. The van der Waals surface area contributed by atoms with E-state index in [0.29, 0.717) is 6.54 Å². The quantitative estimate of drug-likeness (QED) is 0.587. The minimum Gasteiger partial charge on any atom is -0.460 e. The van der Waals surface area contributed by atoms with Crippen LogP contribution in [0.3, 0.4) is 0 Å². The number of nitrogens with zero attached hydrogens (tertiary/aromatic N) is 1. The van der Waals surface area contributed by atoms with E-state index in [2.05, 4.69) is 0 Å². The summed E-state index contributed by atoms with van der Waals surface area (Å²) in [5, 5.41) is 9.65. The second-order valence-corrected chi connectivity index (χ2v) is 3.62. The van der Waals surface area contributed by atoms with Gasteiger partial charge in [-0.05, 0) is 26.4 Å². The number of esters is 1. The van der Waals surface area contributed by atoms with Crippen molar-refractivity contribution >= 4 is 5.97 Å². The van der Waals surface area contributed by atoms with E-state index in [4.69, 9.17) is 4.74 Å². The third-order valence-electron chi connectivity index (χ3n) is 2.27. The predicted octanol–water partition coefficient (Wildman–Crippen LogP) is 0.00460. The molecule has 0 spiro atoms. The third kappa shape index (κ3) is 3.32. The van der Waals surface area contributed by atoms with Crippen LogP contribution < -0.4 is 0 Å². The second-order valence-electron chi connectivity index (χ2n) is 3.62. The van der Waals surface area contributed by atoms with Gasteiger partial charge < -0.3 is 14.7 Å². The highest BCUT2D eigenvalue weighted by Gasteiger charge is 2.25. The minimum absolute atomic E-state index is 0.311. The fourth-order valence-electron chi connectivity index (χ4n) is 1.63. The van der Waals surface area contributed by atoms with E-state index in [-0.39, 0.29) is 12.1 Å². The molecule has 1 saturated heterocycles. The van der Waals surface area contributed by atoms with Crippen molar-refractivity contribution in [1.82, 2.24) is 4.90 Å². The zero-order valence-corrected chi connectivity index (χ0v) is 8.19. The molecule has 0 saturated carbocycles. The molecule has 0 aromatic heterocycles. The number of ether oxygens (including phenoxy) is 1. The molecule has 1 N–H and O–H groups in total. The number of β-amino-alcohol motifs (C(OH)–C–C–N with tert-alkyl or cyclic N) is 1. The maximum atomic E-state index is 10.7. The molecular formula is C9H17NO3. The highest BCUT2D eigenvalue weighted by atomic mass is 16.6. The average Bonchev–Trinajstić information content (AvgIpc) is 2.13. The van der Waals surface area contributed by atoms with Crippen molar-refractivity contribution in [3.05, 3.63) is 0 Å². The van der Waals surface area contributed by atoms with Crippen molar-refractivity contribution in [1.29, 1.82) is 0 Å². The zero-order valence-electron chi connectivity index (χ0n) is 8.19. The zero-order chi connectivity index (χ0) is 9.84. The van der Waals surface area contributed by atoms with Gasteiger partial charge in [0.2, 0.25) is 0 Å². The summed E-state index contributed by atoms with van der Waals surface area (Å²) in [4.78, 5) is 12.8. The minimum atomic E-state index is -0.545. The number of likely N-dealkylation sites (tertiary alicyclic amines) is 1. The van der Waals surface area contributed by atoms with Gasteiger partial charge >= 0.3 is 5.97 Å². The lowest BCUT2D eigenvalue weighted by Gasteiger charge is -2.21. The van der Waals surface area contributed by atoms with Gasteiger partial charge in [-0.15, -0.1) is 0 Å². The van der Waals surface area contributed by atoms with Crippen LogP contribution in [0, 0.1) is 0 Å². The van der Waals surface area contributed by atoms with Crippen LogP contribution in [0.15, 0.2) is 0 Å². The molecule has 0 radical (unpaired) electrons. The summed E-state index contributed by atoms with van der Waals surface area (Å²) in [6.45, 7) is 2.91. The Hall–Kier alpha value is -0.610. The highest BCUT2D eigenvalue weighted by Crippen LogP contribution is 2.13. The molecule has 2 unspecified atom stereocenters. The molecule has 13 heavy (non-hydrogen) atoms. The Labute approximate surface area is 78.5 Å². The maximum absolute atomic E-state index is 10.7. The number of aliphatic hydroxyl groups excluding tert-OH is 1. The van der Waals surface area contributed by atoms with E-state index in [1.807, 2.05) is 11.9 Å². The third-order valence-corrected chi connectivity index (χ3v) is 2.27. The Morgan fingerprint density at radius 3 is 2.92 bits per heavy atom. The molecule has 0 aromatic carbocycles. The van der Waals surface area contributed by atoms with Gasteiger partial charge in [-0.2, -0.15) is 0 Å². The number of rotatable bonds is 1. The first-order chi connectivity index (χ1) is 6.09. The van der Waals surface area contributed by atoms with Crippen molar-refractivity contribution in [3.8, 4) is 0 Å². The average molecular weight is 187 g/mol. The molecule has 4 heteroatoms. The van der Waals surface area contributed by atoms with Gasteiger partial charge in [0.05, 0.1) is 0 Å². The van der Waals surface area contributed by atoms with Crippen LogP contribution in [0.2, 0.25) is 0 Å². The maximum Gasteiger partial charge on any atom is 0.302 e. The Bertz CT molecular complexity index is 184. The van der Waals surface area contributed by atoms with Gasteiger partial charge in [-0.25, -0.2) is 0 Å². The fourth-order valence-corrected chi connectivity index (χ4v) is 1.63. The van der Waals surface area contributed by atoms with Crippen LogP contribution in [-0.4, -0.2) is 48.3 Å². The number of hydrogen-bond acceptors (Lipinski definition) is 4. The summed E-state index contributed by atoms with van der Waals surface area (Å²) in [5.41, 5.74) is 0. The van der Waals surface area contributed by atoms with Crippen molar-refractivity contribution < 1.29 is 14.6 Å². The highest BCUT2D eigenvalue weighted by molar-refractivity contribution is 5.66. The number of likely N-dealkylation sites (N-methyl/N-ethyl adjacent to an activating group) is 1. The van der Waals surface area contributed by atoms with Gasteiger partial charge in [0.15, 0.2) is 0 Å². The standard InChI is InChI=1S/C9H17NO3/c1-7(11)13-9-4-3-5-10(2)6-8(9)12/h8-9,12H,3-6H2,1-2H3. The number of carbonyl (C=O) groups is 1. The van der Waals surface area contributed by atoms with Crippen molar-refractivity contribution in [3.63, 3.8) is 0 Å². The van der Waals surface area contributed by atoms with E-state index < -0.39 is 6.10 Å². The normalized spacial score (nSPS) is 31.0. The predicted molar refractivity (Wildman–Crippen MR) is 48.3 cm³/mol. The molecule has 0 amide bonds. The summed E-state index contributed by atoms with van der Waals surface area (Å²) >= 11 is 0. The van der Waals surface area contributed by atoms with Crippen LogP contribution in [0.5, 0.6) is 0 Å². The van der Waals surface area contributed by atoms with Crippen LogP contribution >= 0.6 is 0 Å². The van der Waals surface area contributed by atoms with Crippen molar-refractivity contribution in [2.45, 2.75) is 32.0 Å².